The molecule has 2 aliphatic carbocycles. The second-order valence-electron chi connectivity index (χ2n) is 8.38. The monoisotopic (exact) mass is 444 g/mol. The van der Waals surface area contributed by atoms with Gasteiger partial charge in [-0.15, -0.1) is 0 Å². The quantitative estimate of drug-likeness (QED) is 0.685. The van der Waals surface area contributed by atoms with Crippen molar-refractivity contribution in [2.75, 3.05) is 25.0 Å². The zero-order valence-electron chi connectivity index (χ0n) is 17.7. The van der Waals surface area contributed by atoms with Crippen molar-refractivity contribution in [3.8, 4) is 0 Å². The van der Waals surface area contributed by atoms with E-state index < -0.39 is 21.3 Å². The fourth-order valence-electron chi connectivity index (χ4n) is 5.08. The van der Waals surface area contributed by atoms with Crippen molar-refractivity contribution in [2.24, 2.45) is 0 Å². The number of likely N-dealkylation sites (tertiary alicyclic amines) is 1. The number of hydrogen-bond donors (Lipinski definition) is 2. The molecule has 1 aromatic rings. The summed E-state index contributed by atoms with van der Waals surface area (Å²) in [5.41, 5.74) is 5.94. The molecule has 29 heavy (non-hydrogen) atoms. The zero-order chi connectivity index (χ0) is 19.7. The Balaban J connectivity index is 0.00000240. The Hall–Kier alpha value is 0.0364. The molecule has 1 aromatic carbocycles. The minimum Gasteiger partial charge on any atom is -0.307 e. The normalized spacial score (nSPS) is 19.3. The molecule has 0 spiro atoms. The molecule has 0 saturated carbocycles. The molecule has 0 unspecified atom stereocenters. The Kier molecular flexibility index (Phi) is 8.26. The molecule has 2 N–H and O–H groups in total. The number of nitrogens with one attached hydrogen (secondary N) is 2. The summed E-state index contributed by atoms with van der Waals surface area (Å²) in [4.78, 5) is 14.9. The average molecular weight is 445 g/mol. The number of carbonyl (C=O) groups is 1. The van der Waals surface area contributed by atoms with Crippen LogP contribution in [0.4, 0.5) is 10.5 Å². The summed E-state index contributed by atoms with van der Waals surface area (Å²) >= 11 is 0. The van der Waals surface area contributed by atoms with E-state index in [4.69, 9.17) is 0 Å². The molecule has 1 radical (unpaired) electrons. The summed E-state index contributed by atoms with van der Waals surface area (Å²) in [6.07, 6.45) is 8.45. The summed E-state index contributed by atoms with van der Waals surface area (Å²) in [5.74, 6) is 0. The first-order chi connectivity index (χ1) is 13.5. The number of aryl methyl sites for hydroxylation is 2. The Labute approximate surface area is 217 Å². The summed E-state index contributed by atoms with van der Waals surface area (Å²) in [7, 11) is -3.66. The SMILES string of the molecule is CCCN1CCC(S(=O)(=O)NC(=O)Nc2c3c(cc4c2CCC4)CCC3)CC1.[K]. The van der Waals surface area contributed by atoms with Gasteiger partial charge in [0, 0.05) is 57.1 Å². The van der Waals surface area contributed by atoms with Gasteiger partial charge in [-0.2, -0.15) is 0 Å². The molecule has 8 heteroatoms. The molecular formula is C21H31KN3O3S. The first-order valence-electron chi connectivity index (χ1n) is 10.7. The second-order valence-corrected chi connectivity index (χ2v) is 10.3. The van der Waals surface area contributed by atoms with Gasteiger partial charge < -0.3 is 10.2 Å². The second kappa shape index (κ2) is 10.1. The molecule has 155 valence electrons. The van der Waals surface area contributed by atoms with Gasteiger partial charge >= 0.3 is 6.03 Å². The Morgan fingerprint density at radius 1 is 1.07 bits per heavy atom. The van der Waals surface area contributed by atoms with Crippen LogP contribution in [0.25, 0.3) is 0 Å². The molecular weight excluding hydrogens is 413 g/mol. The third-order valence-corrected chi connectivity index (χ3v) is 8.28. The molecule has 1 saturated heterocycles. The number of piperidine rings is 1. The summed E-state index contributed by atoms with van der Waals surface area (Å²) in [6.45, 7) is 4.69. The number of rotatable bonds is 5. The fraction of sp³-hybridized carbons (Fsp3) is 0.667. The number of hydrogen-bond acceptors (Lipinski definition) is 4. The van der Waals surface area contributed by atoms with Gasteiger partial charge in [0.2, 0.25) is 10.0 Å². The van der Waals surface area contributed by atoms with Gasteiger partial charge in [-0.1, -0.05) is 13.0 Å². The summed E-state index contributed by atoms with van der Waals surface area (Å²) < 4.78 is 27.8. The maximum Gasteiger partial charge on any atom is 0.332 e. The summed E-state index contributed by atoms with van der Waals surface area (Å²) in [6, 6.07) is 1.69. The van der Waals surface area contributed by atoms with Gasteiger partial charge in [0.1, 0.15) is 0 Å². The number of carbonyl (C=O) groups excluding carboxylic acids is 1. The minimum atomic E-state index is -3.66. The molecule has 3 aliphatic rings. The van der Waals surface area contributed by atoms with Crippen molar-refractivity contribution in [1.82, 2.24) is 9.62 Å². The topological polar surface area (TPSA) is 78.5 Å². The average Bonchev–Trinajstić information content (AvgIpc) is 3.31. The first kappa shape index (κ1) is 23.7. The van der Waals surface area contributed by atoms with E-state index in [0.717, 1.165) is 70.3 Å². The zero-order valence-corrected chi connectivity index (χ0v) is 21.7. The number of sulfonamides is 1. The summed E-state index contributed by atoms with van der Waals surface area (Å²) in [5, 5.41) is 2.44. The largest absolute Gasteiger partial charge is 0.332 e. The van der Waals surface area contributed by atoms with Crippen LogP contribution >= 0.6 is 0 Å². The minimum absolute atomic E-state index is 0. The van der Waals surface area contributed by atoms with Crippen molar-refractivity contribution in [3.05, 3.63) is 28.3 Å². The number of amides is 2. The maximum atomic E-state index is 12.7. The predicted molar refractivity (Wildman–Crippen MR) is 117 cm³/mol. The van der Waals surface area contributed by atoms with Crippen molar-refractivity contribution < 1.29 is 13.2 Å². The molecule has 2 amide bonds. The van der Waals surface area contributed by atoms with E-state index in [1.807, 2.05) is 0 Å². The van der Waals surface area contributed by atoms with E-state index in [1.165, 1.54) is 22.3 Å². The van der Waals surface area contributed by atoms with Crippen LogP contribution in [0.3, 0.4) is 0 Å². The van der Waals surface area contributed by atoms with Crippen LogP contribution in [0.15, 0.2) is 6.07 Å². The third-order valence-electron chi connectivity index (χ3n) is 6.46. The number of urea groups is 1. The van der Waals surface area contributed by atoms with Crippen molar-refractivity contribution >= 4 is 73.1 Å². The molecule has 0 aromatic heterocycles. The van der Waals surface area contributed by atoms with E-state index in [9.17, 15) is 13.2 Å². The van der Waals surface area contributed by atoms with Gasteiger partial charge in [-0.05, 0) is 99.7 Å². The molecule has 0 bridgehead atoms. The van der Waals surface area contributed by atoms with Crippen LogP contribution in [-0.2, 0) is 35.7 Å². The molecule has 1 fully saturated rings. The molecule has 4 rings (SSSR count). The first-order valence-corrected chi connectivity index (χ1v) is 12.2. The standard InChI is InChI=1S/C21H31N3O3S.K/c1-2-11-24-12-9-17(10-13-24)28(26,27)23-21(25)22-20-18-7-3-5-15(18)14-16-6-4-8-19(16)20;/h14,17H,2-13H2,1H3,(H2,22,23,25);. The van der Waals surface area contributed by atoms with Crippen LogP contribution < -0.4 is 10.0 Å². The van der Waals surface area contributed by atoms with Gasteiger partial charge in [0.15, 0.2) is 0 Å². The smallest absolute Gasteiger partial charge is 0.307 e. The van der Waals surface area contributed by atoms with E-state index in [1.54, 1.807) is 0 Å². The molecule has 6 nitrogen and oxygen atoms in total. The van der Waals surface area contributed by atoms with E-state index in [2.05, 4.69) is 27.9 Å². The van der Waals surface area contributed by atoms with Crippen LogP contribution in [0.2, 0.25) is 0 Å². The van der Waals surface area contributed by atoms with Crippen LogP contribution in [-0.4, -0.2) is 95.6 Å². The van der Waals surface area contributed by atoms with Gasteiger partial charge in [-0.3, -0.25) is 0 Å². The van der Waals surface area contributed by atoms with Crippen molar-refractivity contribution in [3.63, 3.8) is 0 Å². The Morgan fingerprint density at radius 2 is 1.66 bits per heavy atom. The van der Waals surface area contributed by atoms with E-state index >= 15 is 0 Å². The van der Waals surface area contributed by atoms with Crippen LogP contribution in [0.1, 0.15) is 61.3 Å². The number of anilines is 1. The van der Waals surface area contributed by atoms with Gasteiger partial charge in [-0.25, -0.2) is 17.9 Å². The molecule has 1 aliphatic heterocycles. The maximum absolute atomic E-state index is 12.7. The van der Waals surface area contributed by atoms with Crippen LogP contribution in [0, 0.1) is 0 Å². The molecule has 1 heterocycles. The fourth-order valence-corrected chi connectivity index (χ4v) is 6.39. The van der Waals surface area contributed by atoms with Crippen molar-refractivity contribution in [2.45, 2.75) is 70.0 Å². The van der Waals surface area contributed by atoms with E-state index in [-0.39, 0.29) is 51.4 Å². The third kappa shape index (κ3) is 5.27. The number of nitrogens with zero attached hydrogens (tertiary/aromatic N) is 1. The van der Waals surface area contributed by atoms with Gasteiger partial charge in [0.25, 0.3) is 0 Å². The van der Waals surface area contributed by atoms with Crippen molar-refractivity contribution in [1.29, 1.82) is 0 Å². The number of benzene rings is 1. The van der Waals surface area contributed by atoms with E-state index in [0.29, 0.717) is 12.8 Å². The Bertz CT molecular complexity index is 832. The number of fused-ring (bicyclic) bond motifs is 2. The van der Waals surface area contributed by atoms with Crippen LogP contribution in [0.5, 0.6) is 0 Å². The predicted octanol–water partition coefficient (Wildman–Crippen LogP) is 2.61. The molecule has 0 atom stereocenters. The Morgan fingerprint density at radius 3 is 2.21 bits per heavy atom. The van der Waals surface area contributed by atoms with Gasteiger partial charge in [0.05, 0.1) is 5.25 Å².